The van der Waals surface area contributed by atoms with Crippen molar-refractivity contribution in [3.8, 4) is 0 Å². The lowest BCUT2D eigenvalue weighted by atomic mass is 10.1. The van der Waals surface area contributed by atoms with E-state index in [4.69, 9.17) is 4.42 Å². The summed E-state index contributed by atoms with van der Waals surface area (Å²) in [5, 5.41) is 1.72. The standard InChI is InChI=1S/C15H13NO2S/c17-15-14-6-2-1-4-11(14)8-12(16-15)9-19-10-13-5-3-7-18-13/h1-8H,9-10H2,(H,16,17). The van der Waals surface area contributed by atoms with Crippen molar-refractivity contribution < 1.29 is 4.42 Å². The summed E-state index contributed by atoms with van der Waals surface area (Å²) in [6, 6.07) is 13.5. The van der Waals surface area contributed by atoms with E-state index >= 15 is 0 Å². The third-order valence-corrected chi connectivity index (χ3v) is 3.89. The Morgan fingerprint density at radius 3 is 2.84 bits per heavy atom. The van der Waals surface area contributed by atoms with Crippen molar-refractivity contribution in [2.75, 3.05) is 0 Å². The lowest BCUT2D eigenvalue weighted by Gasteiger charge is -2.03. The number of nitrogens with one attached hydrogen (secondary N) is 1. The van der Waals surface area contributed by atoms with Crippen LogP contribution in [0.3, 0.4) is 0 Å². The van der Waals surface area contributed by atoms with Gasteiger partial charge in [0.25, 0.3) is 5.56 Å². The number of H-pyrrole nitrogens is 1. The van der Waals surface area contributed by atoms with Crippen LogP contribution in [0.1, 0.15) is 11.5 Å². The Labute approximate surface area is 114 Å². The number of hydrogen-bond acceptors (Lipinski definition) is 3. The van der Waals surface area contributed by atoms with Crippen molar-refractivity contribution in [3.05, 3.63) is 70.5 Å². The Bertz CT molecular complexity index is 731. The zero-order valence-corrected chi connectivity index (χ0v) is 11.1. The second-order valence-corrected chi connectivity index (χ2v) is 5.27. The average molecular weight is 271 g/mol. The zero-order valence-electron chi connectivity index (χ0n) is 10.3. The van der Waals surface area contributed by atoms with E-state index in [9.17, 15) is 4.79 Å². The zero-order chi connectivity index (χ0) is 13.1. The number of pyridine rings is 1. The van der Waals surface area contributed by atoms with Gasteiger partial charge in [-0.1, -0.05) is 18.2 Å². The molecule has 0 saturated carbocycles. The summed E-state index contributed by atoms with van der Waals surface area (Å²) >= 11 is 1.72. The Balaban J connectivity index is 1.76. The molecule has 0 aliphatic rings. The summed E-state index contributed by atoms with van der Waals surface area (Å²) in [6.07, 6.45) is 1.67. The highest BCUT2D eigenvalue weighted by Crippen LogP contribution is 2.18. The van der Waals surface area contributed by atoms with Crippen LogP contribution in [0, 0.1) is 0 Å². The van der Waals surface area contributed by atoms with Crippen LogP contribution < -0.4 is 5.56 Å². The van der Waals surface area contributed by atoms with Crippen LogP contribution in [0.25, 0.3) is 10.8 Å². The highest BCUT2D eigenvalue weighted by Gasteiger charge is 2.02. The summed E-state index contributed by atoms with van der Waals surface area (Å²) < 4.78 is 5.27. The molecule has 0 saturated heterocycles. The van der Waals surface area contributed by atoms with E-state index in [1.54, 1.807) is 18.0 Å². The molecule has 0 atom stereocenters. The summed E-state index contributed by atoms with van der Waals surface area (Å²) in [5.41, 5.74) is 0.923. The molecule has 96 valence electrons. The monoisotopic (exact) mass is 271 g/mol. The molecule has 0 bridgehead atoms. The van der Waals surface area contributed by atoms with E-state index in [-0.39, 0.29) is 5.56 Å². The molecule has 0 aliphatic heterocycles. The fourth-order valence-electron chi connectivity index (χ4n) is 2.00. The van der Waals surface area contributed by atoms with Crippen molar-refractivity contribution in [2.45, 2.75) is 11.5 Å². The fourth-order valence-corrected chi connectivity index (χ4v) is 2.84. The van der Waals surface area contributed by atoms with E-state index < -0.39 is 0 Å². The molecule has 1 N–H and O–H groups in total. The summed E-state index contributed by atoms with van der Waals surface area (Å²) in [7, 11) is 0. The highest BCUT2D eigenvalue weighted by atomic mass is 32.2. The first kappa shape index (κ1) is 12.1. The van der Waals surface area contributed by atoms with E-state index in [0.717, 1.165) is 33.7 Å². The van der Waals surface area contributed by atoms with E-state index in [1.165, 1.54) is 0 Å². The van der Waals surface area contributed by atoms with E-state index in [0.29, 0.717) is 0 Å². The van der Waals surface area contributed by atoms with Crippen molar-refractivity contribution >= 4 is 22.5 Å². The smallest absolute Gasteiger partial charge is 0.256 e. The molecule has 19 heavy (non-hydrogen) atoms. The Morgan fingerprint density at radius 1 is 1.11 bits per heavy atom. The second-order valence-electron chi connectivity index (χ2n) is 4.28. The topological polar surface area (TPSA) is 46.0 Å². The van der Waals surface area contributed by atoms with Gasteiger partial charge in [-0.05, 0) is 29.7 Å². The molecule has 2 heterocycles. The maximum absolute atomic E-state index is 11.9. The number of aromatic amines is 1. The molecule has 0 unspecified atom stereocenters. The molecule has 4 heteroatoms. The molecule has 3 rings (SSSR count). The fraction of sp³-hybridized carbons (Fsp3) is 0.133. The molecule has 0 fully saturated rings. The van der Waals surface area contributed by atoms with Crippen LogP contribution in [0.2, 0.25) is 0 Å². The van der Waals surface area contributed by atoms with Crippen LogP contribution in [-0.2, 0) is 11.5 Å². The number of hydrogen-bond donors (Lipinski definition) is 1. The van der Waals surface area contributed by atoms with Gasteiger partial charge in [-0.15, -0.1) is 11.8 Å². The minimum Gasteiger partial charge on any atom is -0.468 e. The lowest BCUT2D eigenvalue weighted by Crippen LogP contribution is -2.08. The molecule has 0 spiro atoms. The number of fused-ring (bicyclic) bond motifs is 1. The Hall–Kier alpha value is -1.94. The minimum atomic E-state index is -0.0216. The number of benzene rings is 1. The van der Waals surface area contributed by atoms with Crippen LogP contribution in [0.4, 0.5) is 0 Å². The van der Waals surface area contributed by atoms with Crippen LogP contribution in [0.15, 0.2) is 57.9 Å². The van der Waals surface area contributed by atoms with Gasteiger partial charge in [0.15, 0.2) is 0 Å². The first-order chi connectivity index (χ1) is 9.33. The first-order valence-electron chi connectivity index (χ1n) is 6.04. The summed E-state index contributed by atoms with van der Waals surface area (Å²) in [4.78, 5) is 14.8. The largest absolute Gasteiger partial charge is 0.468 e. The minimum absolute atomic E-state index is 0.0216. The van der Waals surface area contributed by atoms with Crippen LogP contribution >= 0.6 is 11.8 Å². The van der Waals surface area contributed by atoms with Gasteiger partial charge in [0.2, 0.25) is 0 Å². The SMILES string of the molecule is O=c1[nH]c(CSCc2ccco2)cc2ccccc12. The Kier molecular flexibility index (Phi) is 3.42. The molecular formula is C15H13NO2S. The van der Waals surface area contributed by atoms with E-state index in [1.807, 2.05) is 42.5 Å². The van der Waals surface area contributed by atoms with Gasteiger partial charge in [0, 0.05) is 16.8 Å². The molecule has 3 aromatic rings. The molecular weight excluding hydrogens is 258 g/mol. The van der Waals surface area contributed by atoms with E-state index in [2.05, 4.69) is 4.98 Å². The van der Waals surface area contributed by atoms with Crippen LogP contribution in [0.5, 0.6) is 0 Å². The van der Waals surface area contributed by atoms with Crippen molar-refractivity contribution in [3.63, 3.8) is 0 Å². The van der Waals surface area contributed by atoms with Gasteiger partial charge in [-0.25, -0.2) is 0 Å². The number of rotatable bonds is 4. The van der Waals surface area contributed by atoms with Gasteiger partial charge in [-0.2, -0.15) is 0 Å². The number of thioether (sulfide) groups is 1. The molecule has 0 aliphatic carbocycles. The summed E-state index contributed by atoms with van der Waals surface area (Å²) in [6.45, 7) is 0. The predicted molar refractivity (Wildman–Crippen MR) is 78.3 cm³/mol. The second kappa shape index (κ2) is 5.36. The first-order valence-corrected chi connectivity index (χ1v) is 7.19. The average Bonchev–Trinajstić information content (AvgIpc) is 2.92. The molecule has 3 nitrogen and oxygen atoms in total. The number of furan rings is 1. The van der Waals surface area contributed by atoms with Gasteiger partial charge in [0.05, 0.1) is 12.0 Å². The molecule has 0 radical (unpaired) electrons. The quantitative estimate of drug-likeness (QED) is 0.789. The van der Waals surface area contributed by atoms with Gasteiger partial charge in [-0.3, -0.25) is 4.79 Å². The van der Waals surface area contributed by atoms with Crippen molar-refractivity contribution in [2.24, 2.45) is 0 Å². The highest BCUT2D eigenvalue weighted by molar-refractivity contribution is 7.97. The molecule has 2 aromatic heterocycles. The van der Waals surface area contributed by atoms with Gasteiger partial charge in [0.1, 0.15) is 5.76 Å². The third-order valence-electron chi connectivity index (χ3n) is 2.89. The molecule has 1 aromatic carbocycles. The number of aromatic nitrogens is 1. The Morgan fingerprint density at radius 2 is 2.00 bits per heavy atom. The molecule has 0 amide bonds. The normalized spacial score (nSPS) is 10.9. The van der Waals surface area contributed by atoms with Crippen molar-refractivity contribution in [1.82, 2.24) is 4.98 Å². The van der Waals surface area contributed by atoms with Gasteiger partial charge >= 0.3 is 0 Å². The van der Waals surface area contributed by atoms with Crippen LogP contribution in [-0.4, -0.2) is 4.98 Å². The maximum Gasteiger partial charge on any atom is 0.256 e. The van der Waals surface area contributed by atoms with Crippen molar-refractivity contribution in [1.29, 1.82) is 0 Å². The third kappa shape index (κ3) is 2.74. The summed E-state index contributed by atoms with van der Waals surface area (Å²) in [5.74, 6) is 2.52. The van der Waals surface area contributed by atoms with Gasteiger partial charge < -0.3 is 9.40 Å². The maximum atomic E-state index is 11.9. The predicted octanol–water partition coefficient (Wildman–Crippen LogP) is 3.55. The lowest BCUT2D eigenvalue weighted by molar-refractivity contribution is 0.530.